The zero-order valence-corrected chi connectivity index (χ0v) is 13.0. The van der Waals surface area contributed by atoms with Crippen molar-refractivity contribution in [2.45, 2.75) is 38.1 Å². The van der Waals surface area contributed by atoms with Crippen LogP contribution < -0.4 is 5.32 Å². The van der Waals surface area contributed by atoms with E-state index < -0.39 is 0 Å². The van der Waals surface area contributed by atoms with Crippen LogP contribution in [0.5, 0.6) is 0 Å². The second-order valence-electron chi connectivity index (χ2n) is 7.01. The van der Waals surface area contributed by atoms with Gasteiger partial charge in [-0.3, -0.25) is 0 Å². The van der Waals surface area contributed by atoms with E-state index in [0.29, 0.717) is 6.04 Å². The lowest BCUT2D eigenvalue weighted by molar-refractivity contribution is 0.252. The summed E-state index contributed by atoms with van der Waals surface area (Å²) in [7, 11) is 4.28. The number of fused-ring (bicyclic) bond motifs is 3. The normalized spacial score (nSPS) is 29.3. The first kappa shape index (κ1) is 13.3. The molecule has 2 aliphatic rings. The number of rotatable bonds is 4. The van der Waals surface area contributed by atoms with Gasteiger partial charge < -0.3 is 9.88 Å². The van der Waals surface area contributed by atoms with Crippen molar-refractivity contribution in [2.24, 2.45) is 24.8 Å². The molecule has 3 heteroatoms. The maximum absolute atomic E-state index is 4.86. The fourth-order valence-corrected chi connectivity index (χ4v) is 4.83. The van der Waals surface area contributed by atoms with E-state index in [1.807, 2.05) is 0 Å². The van der Waals surface area contributed by atoms with Crippen LogP contribution in [-0.2, 0) is 13.5 Å². The minimum atomic E-state index is 0.579. The SMILES string of the molecule is CNC(Cc1nc2ccccc2n1C)C1CC2CCC1C2. The van der Waals surface area contributed by atoms with Gasteiger partial charge in [0.25, 0.3) is 0 Å². The molecule has 4 rings (SSSR count). The number of benzene rings is 1. The van der Waals surface area contributed by atoms with Crippen molar-refractivity contribution in [3.63, 3.8) is 0 Å². The van der Waals surface area contributed by atoms with Crippen LogP contribution in [0.1, 0.15) is 31.5 Å². The molecule has 112 valence electrons. The quantitative estimate of drug-likeness (QED) is 0.934. The number of nitrogens with zero attached hydrogens (tertiary/aromatic N) is 2. The van der Waals surface area contributed by atoms with Crippen molar-refractivity contribution in [3.8, 4) is 0 Å². The Morgan fingerprint density at radius 2 is 2.14 bits per heavy atom. The number of nitrogens with one attached hydrogen (secondary N) is 1. The number of aryl methyl sites for hydroxylation is 1. The minimum Gasteiger partial charge on any atom is -0.331 e. The molecule has 21 heavy (non-hydrogen) atoms. The minimum absolute atomic E-state index is 0.579. The molecular weight excluding hydrogens is 258 g/mol. The van der Waals surface area contributed by atoms with Crippen molar-refractivity contribution in [2.75, 3.05) is 7.05 Å². The van der Waals surface area contributed by atoms with Crippen LogP contribution in [0, 0.1) is 17.8 Å². The van der Waals surface area contributed by atoms with E-state index in [0.717, 1.165) is 29.7 Å². The third-order valence-corrected chi connectivity index (χ3v) is 5.96. The lowest BCUT2D eigenvalue weighted by atomic mass is 9.82. The first-order valence-corrected chi connectivity index (χ1v) is 8.34. The molecule has 2 aliphatic carbocycles. The van der Waals surface area contributed by atoms with E-state index in [2.05, 4.69) is 48.2 Å². The molecule has 0 amide bonds. The number of para-hydroxylation sites is 2. The van der Waals surface area contributed by atoms with E-state index in [9.17, 15) is 0 Å². The number of likely N-dealkylation sites (N-methyl/N-ethyl adjacent to an activating group) is 1. The van der Waals surface area contributed by atoms with Gasteiger partial charge in [-0.05, 0) is 56.2 Å². The number of imidazole rings is 1. The van der Waals surface area contributed by atoms with Gasteiger partial charge in [-0.15, -0.1) is 0 Å². The fraction of sp³-hybridized carbons (Fsp3) is 0.611. The van der Waals surface area contributed by atoms with Gasteiger partial charge >= 0.3 is 0 Å². The van der Waals surface area contributed by atoms with Crippen LogP contribution in [0.15, 0.2) is 24.3 Å². The second kappa shape index (κ2) is 5.13. The second-order valence-corrected chi connectivity index (χ2v) is 7.01. The molecule has 1 heterocycles. The van der Waals surface area contributed by atoms with Gasteiger partial charge in [0.1, 0.15) is 5.82 Å². The standard InChI is InChI=1S/C18H25N3/c1-19-16(14-10-12-7-8-13(14)9-12)11-18-20-15-5-3-4-6-17(15)21(18)2/h3-6,12-14,16,19H,7-11H2,1-2H3. The van der Waals surface area contributed by atoms with Crippen molar-refractivity contribution in [3.05, 3.63) is 30.1 Å². The van der Waals surface area contributed by atoms with E-state index in [1.54, 1.807) is 0 Å². The summed E-state index contributed by atoms with van der Waals surface area (Å²) in [5.74, 6) is 4.05. The zero-order chi connectivity index (χ0) is 14.4. The predicted octanol–water partition coefficient (Wildman–Crippen LogP) is 3.14. The number of hydrogen-bond acceptors (Lipinski definition) is 2. The van der Waals surface area contributed by atoms with Gasteiger partial charge in [-0.25, -0.2) is 4.98 Å². The molecule has 1 aromatic heterocycles. The van der Waals surface area contributed by atoms with Gasteiger partial charge in [0, 0.05) is 19.5 Å². The molecule has 0 aliphatic heterocycles. The average molecular weight is 283 g/mol. The third-order valence-electron chi connectivity index (χ3n) is 5.96. The first-order valence-electron chi connectivity index (χ1n) is 8.34. The molecule has 1 aromatic carbocycles. The maximum atomic E-state index is 4.86. The summed E-state index contributed by atoms with van der Waals surface area (Å²) in [4.78, 5) is 4.86. The molecule has 2 bridgehead atoms. The smallest absolute Gasteiger partial charge is 0.111 e. The van der Waals surface area contributed by atoms with Gasteiger partial charge in [-0.1, -0.05) is 18.6 Å². The van der Waals surface area contributed by atoms with E-state index in [4.69, 9.17) is 4.98 Å². The van der Waals surface area contributed by atoms with E-state index >= 15 is 0 Å². The van der Waals surface area contributed by atoms with Crippen LogP contribution >= 0.6 is 0 Å². The lowest BCUT2D eigenvalue weighted by Crippen LogP contribution is -2.38. The van der Waals surface area contributed by atoms with Crippen LogP contribution in [0.25, 0.3) is 11.0 Å². The molecule has 3 nitrogen and oxygen atoms in total. The Labute approximate surface area is 126 Å². The Hall–Kier alpha value is -1.35. The summed E-state index contributed by atoms with van der Waals surface area (Å²) in [5.41, 5.74) is 2.37. The van der Waals surface area contributed by atoms with Crippen molar-refractivity contribution < 1.29 is 0 Å². The molecule has 4 unspecified atom stereocenters. The number of aromatic nitrogens is 2. The third kappa shape index (κ3) is 2.18. The van der Waals surface area contributed by atoms with Crippen molar-refractivity contribution in [1.82, 2.24) is 14.9 Å². The summed E-state index contributed by atoms with van der Waals surface area (Å²) >= 11 is 0. The van der Waals surface area contributed by atoms with Gasteiger partial charge in [0.05, 0.1) is 11.0 Å². The van der Waals surface area contributed by atoms with Crippen molar-refractivity contribution in [1.29, 1.82) is 0 Å². The summed E-state index contributed by atoms with van der Waals surface area (Å²) in [6, 6.07) is 9.03. The number of hydrogen-bond donors (Lipinski definition) is 1. The predicted molar refractivity (Wildman–Crippen MR) is 86.2 cm³/mol. The lowest BCUT2D eigenvalue weighted by Gasteiger charge is -2.30. The van der Waals surface area contributed by atoms with Crippen LogP contribution in [0.4, 0.5) is 0 Å². The van der Waals surface area contributed by atoms with Gasteiger partial charge in [0.15, 0.2) is 0 Å². The summed E-state index contributed by atoms with van der Waals surface area (Å²) in [5, 5.41) is 3.60. The van der Waals surface area contributed by atoms with Crippen molar-refractivity contribution >= 4 is 11.0 Å². The van der Waals surface area contributed by atoms with E-state index in [-0.39, 0.29) is 0 Å². The fourth-order valence-electron chi connectivity index (χ4n) is 4.83. The molecular formula is C18H25N3. The summed E-state index contributed by atoms with van der Waals surface area (Å²) in [6.45, 7) is 0. The summed E-state index contributed by atoms with van der Waals surface area (Å²) in [6.07, 6.45) is 6.89. The Balaban J connectivity index is 1.59. The molecule has 0 saturated heterocycles. The van der Waals surface area contributed by atoms with Gasteiger partial charge in [0.2, 0.25) is 0 Å². The molecule has 2 aromatic rings. The highest BCUT2D eigenvalue weighted by molar-refractivity contribution is 5.75. The molecule has 4 atom stereocenters. The molecule has 2 fully saturated rings. The van der Waals surface area contributed by atoms with Crippen LogP contribution in [-0.4, -0.2) is 22.6 Å². The maximum Gasteiger partial charge on any atom is 0.111 e. The topological polar surface area (TPSA) is 29.9 Å². The Bertz CT molecular complexity index is 645. The Kier molecular flexibility index (Phi) is 3.26. The zero-order valence-electron chi connectivity index (χ0n) is 13.0. The van der Waals surface area contributed by atoms with Crippen LogP contribution in [0.3, 0.4) is 0 Å². The molecule has 2 saturated carbocycles. The highest BCUT2D eigenvalue weighted by atomic mass is 15.1. The molecule has 1 N–H and O–H groups in total. The molecule has 0 radical (unpaired) electrons. The van der Waals surface area contributed by atoms with Crippen LogP contribution in [0.2, 0.25) is 0 Å². The van der Waals surface area contributed by atoms with E-state index in [1.165, 1.54) is 37.0 Å². The monoisotopic (exact) mass is 283 g/mol. The summed E-state index contributed by atoms with van der Waals surface area (Å²) < 4.78 is 2.27. The Morgan fingerprint density at radius 1 is 1.29 bits per heavy atom. The average Bonchev–Trinajstić information content (AvgIpc) is 3.20. The highest BCUT2D eigenvalue weighted by Gasteiger charge is 2.42. The molecule has 0 spiro atoms. The first-order chi connectivity index (χ1) is 10.3. The van der Waals surface area contributed by atoms with Gasteiger partial charge in [-0.2, -0.15) is 0 Å². The largest absolute Gasteiger partial charge is 0.331 e. The Morgan fingerprint density at radius 3 is 2.81 bits per heavy atom. The highest BCUT2D eigenvalue weighted by Crippen LogP contribution is 2.49.